The summed E-state index contributed by atoms with van der Waals surface area (Å²) in [6.45, 7) is 4.19. The van der Waals surface area contributed by atoms with E-state index < -0.39 is 12.1 Å². The zero-order valence-corrected chi connectivity index (χ0v) is 49.5. The molecular formula is C71H123NO3. The largest absolute Gasteiger partial charge is 0.394 e. The summed E-state index contributed by atoms with van der Waals surface area (Å²) < 4.78 is 0. The molecule has 0 rings (SSSR count). The molecule has 1 amide bonds. The summed E-state index contributed by atoms with van der Waals surface area (Å²) in [6, 6.07) is -0.651. The summed E-state index contributed by atoms with van der Waals surface area (Å²) in [5.41, 5.74) is 0. The Morgan fingerprint density at radius 3 is 0.933 bits per heavy atom. The van der Waals surface area contributed by atoms with Gasteiger partial charge in [0.25, 0.3) is 0 Å². The minimum Gasteiger partial charge on any atom is -0.394 e. The fourth-order valence-corrected chi connectivity index (χ4v) is 9.31. The van der Waals surface area contributed by atoms with E-state index >= 15 is 0 Å². The lowest BCUT2D eigenvalue weighted by Gasteiger charge is -2.19. The number of allylic oxidation sites excluding steroid dienone is 19. The number of nitrogens with one attached hydrogen (secondary N) is 1. The van der Waals surface area contributed by atoms with E-state index in [1.165, 1.54) is 199 Å². The van der Waals surface area contributed by atoms with Gasteiger partial charge in [0, 0.05) is 6.42 Å². The number of rotatable bonds is 58. The van der Waals surface area contributed by atoms with Gasteiger partial charge >= 0.3 is 0 Å². The van der Waals surface area contributed by atoms with Gasteiger partial charge in [-0.2, -0.15) is 0 Å². The molecule has 0 saturated carbocycles. The van der Waals surface area contributed by atoms with Crippen molar-refractivity contribution in [3.63, 3.8) is 0 Å². The van der Waals surface area contributed by atoms with Gasteiger partial charge in [-0.3, -0.25) is 4.79 Å². The van der Waals surface area contributed by atoms with Gasteiger partial charge in [-0.15, -0.1) is 0 Å². The minimum absolute atomic E-state index is 0.0774. The highest BCUT2D eigenvalue weighted by atomic mass is 16.3. The molecule has 3 N–H and O–H groups in total. The van der Waals surface area contributed by atoms with E-state index in [1.54, 1.807) is 6.08 Å². The molecular weight excluding hydrogens is 915 g/mol. The lowest BCUT2D eigenvalue weighted by atomic mass is 10.0. The zero-order chi connectivity index (χ0) is 54.1. The summed E-state index contributed by atoms with van der Waals surface area (Å²) in [5.74, 6) is -0.0774. The van der Waals surface area contributed by atoms with Gasteiger partial charge < -0.3 is 15.5 Å². The molecule has 0 aromatic rings. The third-order valence-electron chi connectivity index (χ3n) is 14.2. The Hall–Kier alpha value is -3.21. The molecule has 0 saturated heterocycles. The molecule has 0 radical (unpaired) electrons. The Labute approximate surface area is 467 Å². The van der Waals surface area contributed by atoms with Crippen molar-refractivity contribution < 1.29 is 15.0 Å². The van der Waals surface area contributed by atoms with Gasteiger partial charge in [0.2, 0.25) is 5.91 Å². The fourth-order valence-electron chi connectivity index (χ4n) is 9.31. The number of hydrogen-bond acceptors (Lipinski definition) is 3. The van der Waals surface area contributed by atoms with Crippen LogP contribution in [-0.4, -0.2) is 34.9 Å². The molecule has 4 heteroatoms. The Balaban J connectivity index is 3.53. The van der Waals surface area contributed by atoms with Crippen LogP contribution in [0.5, 0.6) is 0 Å². The Morgan fingerprint density at radius 1 is 0.333 bits per heavy atom. The fraction of sp³-hybridized carbons (Fsp3) is 0.704. The predicted octanol–water partition coefficient (Wildman–Crippen LogP) is 22.0. The molecule has 0 aliphatic rings. The predicted molar refractivity (Wildman–Crippen MR) is 336 cm³/mol. The van der Waals surface area contributed by atoms with Gasteiger partial charge in [0.1, 0.15) is 0 Å². The lowest BCUT2D eigenvalue weighted by Crippen LogP contribution is -2.45. The first-order valence-corrected chi connectivity index (χ1v) is 32.2. The number of aliphatic hydroxyl groups excluding tert-OH is 2. The molecule has 0 bridgehead atoms. The van der Waals surface area contributed by atoms with E-state index in [0.29, 0.717) is 6.42 Å². The van der Waals surface area contributed by atoms with Gasteiger partial charge in [-0.25, -0.2) is 0 Å². The van der Waals surface area contributed by atoms with Gasteiger partial charge in [-0.05, 0) is 103 Å². The zero-order valence-electron chi connectivity index (χ0n) is 49.5. The molecule has 0 heterocycles. The molecule has 0 fully saturated rings. The maximum atomic E-state index is 12.5. The smallest absolute Gasteiger partial charge is 0.220 e. The van der Waals surface area contributed by atoms with Gasteiger partial charge in [0.15, 0.2) is 0 Å². The SMILES string of the molecule is CC/C=C\C/C=C\C/C=C\C/C=C\C/C=C\C/C=C\C/C=C\CCCCCCCCCCCCCCCCCCCCCC(=O)NC(CO)C(O)/C=C/CC/C=C/CC/C=C/CCCCCCCCCCCCCC. The average molecular weight is 1040 g/mol. The average Bonchev–Trinajstić information content (AvgIpc) is 3.41. The summed E-state index contributed by atoms with van der Waals surface area (Å²) in [6.07, 6.45) is 99.7. The van der Waals surface area contributed by atoms with Crippen LogP contribution in [0.1, 0.15) is 303 Å². The van der Waals surface area contributed by atoms with Crippen molar-refractivity contribution in [3.8, 4) is 0 Å². The molecule has 75 heavy (non-hydrogen) atoms. The van der Waals surface area contributed by atoms with Crippen molar-refractivity contribution in [1.29, 1.82) is 0 Å². The number of unbranched alkanes of at least 4 members (excludes halogenated alkanes) is 33. The number of aliphatic hydroxyl groups is 2. The lowest BCUT2D eigenvalue weighted by molar-refractivity contribution is -0.123. The normalized spacial score (nSPS) is 13.6. The third kappa shape index (κ3) is 61.5. The first kappa shape index (κ1) is 71.8. The first-order valence-electron chi connectivity index (χ1n) is 32.2. The second kappa shape index (κ2) is 65.1. The van der Waals surface area contributed by atoms with E-state index in [-0.39, 0.29) is 12.5 Å². The summed E-state index contributed by atoms with van der Waals surface area (Å²) >= 11 is 0. The Kier molecular flexibility index (Phi) is 62.3. The number of carbonyl (C=O) groups excluding carboxylic acids is 1. The molecule has 0 aromatic heterocycles. The van der Waals surface area contributed by atoms with E-state index in [4.69, 9.17) is 0 Å². The molecule has 0 aliphatic heterocycles. The van der Waals surface area contributed by atoms with E-state index in [0.717, 1.165) is 83.5 Å². The van der Waals surface area contributed by atoms with Crippen molar-refractivity contribution in [2.75, 3.05) is 6.61 Å². The first-order chi connectivity index (χ1) is 37.2. The van der Waals surface area contributed by atoms with Crippen LogP contribution < -0.4 is 5.32 Å². The van der Waals surface area contributed by atoms with Crippen molar-refractivity contribution >= 4 is 5.91 Å². The maximum Gasteiger partial charge on any atom is 0.220 e. The molecule has 4 nitrogen and oxygen atoms in total. The topological polar surface area (TPSA) is 69.6 Å². The Bertz CT molecular complexity index is 1460. The van der Waals surface area contributed by atoms with Crippen LogP contribution in [0.4, 0.5) is 0 Å². The number of carbonyl (C=O) groups is 1. The monoisotopic (exact) mass is 1040 g/mol. The van der Waals surface area contributed by atoms with Crippen molar-refractivity contribution in [3.05, 3.63) is 122 Å². The highest BCUT2D eigenvalue weighted by molar-refractivity contribution is 5.76. The highest BCUT2D eigenvalue weighted by Crippen LogP contribution is 2.17. The van der Waals surface area contributed by atoms with Crippen LogP contribution in [0.15, 0.2) is 122 Å². The molecule has 2 atom stereocenters. The highest BCUT2D eigenvalue weighted by Gasteiger charge is 2.18. The second-order valence-electron chi connectivity index (χ2n) is 21.4. The maximum absolute atomic E-state index is 12.5. The van der Waals surface area contributed by atoms with Crippen molar-refractivity contribution in [2.45, 2.75) is 315 Å². The molecule has 2 unspecified atom stereocenters. The van der Waals surface area contributed by atoms with E-state index in [9.17, 15) is 15.0 Å². The summed E-state index contributed by atoms with van der Waals surface area (Å²) in [4.78, 5) is 12.5. The molecule has 0 spiro atoms. The summed E-state index contributed by atoms with van der Waals surface area (Å²) in [7, 11) is 0. The van der Waals surface area contributed by atoms with Crippen LogP contribution in [0.25, 0.3) is 0 Å². The second-order valence-corrected chi connectivity index (χ2v) is 21.4. The van der Waals surface area contributed by atoms with Crippen LogP contribution >= 0.6 is 0 Å². The molecule has 430 valence electrons. The van der Waals surface area contributed by atoms with Crippen molar-refractivity contribution in [1.82, 2.24) is 5.32 Å². The Morgan fingerprint density at radius 2 is 0.600 bits per heavy atom. The standard InChI is InChI=1S/C71H123NO3/c1-3-5-7-9-11-13-15-17-19-21-23-25-27-28-29-30-31-32-33-34-35-36-37-38-39-40-41-42-43-44-45-47-49-51-53-55-57-59-61-63-65-67-71(75)72-69(68-73)70(74)66-64-62-60-58-56-54-52-50-48-46-26-24-22-20-18-16-14-12-10-8-6-4-2/h5,7,11,13,17,19,23,25,28-29,31-32,34-35,48,50,56,58,64,66,69-70,73-74H,3-4,6,8-10,12,14-16,18,20-22,24,26-27,30,33,36-47,49,51-55,57,59-63,65,67-68H2,1-2H3,(H,72,75)/b7-5-,13-11-,19-17-,25-23-,29-28-,32-31-,35-34-,50-48+,58-56+,66-64+. The van der Waals surface area contributed by atoms with Gasteiger partial charge in [-0.1, -0.05) is 315 Å². The number of hydrogen-bond donors (Lipinski definition) is 3. The molecule has 0 aromatic carbocycles. The molecule has 0 aliphatic carbocycles. The van der Waals surface area contributed by atoms with Crippen LogP contribution in [0.3, 0.4) is 0 Å². The van der Waals surface area contributed by atoms with E-state index in [1.807, 2.05) is 6.08 Å². The number of amides is 1. The van der Waals surface area contributed by atoms with Crippen molar-refractivity contribution in [2.24, 2.45) is 0 Å². The van der Waals surface area contributed by atoms with Crippen LogP contribution in [-0.2, 0) is 4.79 Å². The quantitative estimate of drug-likeness (QED) is 0.0420. The minimum atomic E-state index is -0.876. The third-order valence-corrected chi connectivity index (χ3v) is 14.2. The van der Waals surface area contributed by atoms with Crippen LogP contribution in [0, 0.1) is 0 Å². The van der Waals surface area contributed by atoms with Crippen LogP contribution in [0.2, 0.25) is 0 Å². The van der Waals surface area contributed by atoms with Gasteiger partial charge in [0.05, 0.1) is 18.8 Å². The van der Waals surface area contributed by atoms with E-state index in [2.05, 4.69) is 129 Å². The summed E-state index contributed by atoms with van der Waals surface area (Å²) in [5, 5.41) is 23.2.